The summed E-state index contributed by atoms with van der Waals surface area (Å²) in [6.45, 7) is -3.37. The van der Waals surface area contributed by atoms with Crippen LogP contribution < -0.4 is 51.4 Å². The smallest absolute Gasteiger partial charge is 0.445 e. The van der Waals surface area contributed by atoms with Gasteiger partial charge in [-0.15, -0.1) is 5.98 Å². The fourth-order valence-electron chi connectivity index (χ4n) is 0.983. The van der Waals surface area contributed by atoms with Gasteiger partial charge in [-0.25, -0.2) is 0 Å². The summed E-state index contributed by atoms with van der Waals surface area (Å²) in [5.74, 6) is 0.207. The van der Waals surface area contributed by atoms with Gasteiger partial charge in [0.15, 0.2) is 0 Å². The van der Waals surface area contributed by atoms with Gasteiger partial charge in [0.05, 0.1) is 11.8 Å². The Morgan fingerprint density at radius 1 is 1.38 bits per heavy atom. The van der Waals surface area contributed by atoms with E-state index in [0.717, 1.165) is 6.08 Å². The third-order valence-electron chi connectivity index (χ3n) is 1.74. The summed E-state index contributed by atoms with van der Waals surface area (Å²) in [7, 11) is 0. The molecule has 1 rings (SSSR count). The summed E-state index contributed by atoms with van der Waals surface area (Å²) >= 11 is 0. The molecule has 0 aliphatic heterocycles. The van der Waals surface area contributed by atoms with Crippen molar-refractivity contribution < 1.29 is 69.4 Å². The predicted octanol–water partition coefficient (Wildman–Crippen LogP) is -0.461. The molecule has 0 saturated carbocycles. The van der Waals surface area contributed by atoms with Gasteiger partial charge in [0.25, 0.3) is 0 Å². The van der Waals surface area contributed by atoms with E-state index in [4.69, 9.17) is 5.11 Å². The van der Waals surface area contributed by atoms with Gasteiger partial charge in [0, 0.05) is 6.20 Å². The molecule has 1 atom stereocenters. The van der Waals surface area contributed by atoms with Crippen molar-refractivity contribution in [2.24, 2.45) is 0 Å². The first-order chi connectivity index (χ1) is 6.88. The van der Waals surface area contributed by atoms with E-state index < -0.39 is 13.1 Å². The largest absolute Gasteiger partial charge is 1.00 e. The first-order valence-corrected chi connectivity index (χ1v) is 4.42. The van der Waals surface area contributed by atoms with Crippen LogP contribution in [0.5, 0.6) is 0 Å². The van der Waals surface area contributed by atoms with Crippen LogP contribution >= 0.6 is 0 Å². The number of pyridine rings is 1. The van der Waals surface area contributed by atoms with Crippen LogP contribution in [0.2, 0.25) is 0 Å². The third kappa shape index (κ3) is 6.17. The maximum Gasteiger partial charge on any atom is 1.00 e. The molecule has 0 saturated heterocycles. The fourth-order valence-corrected chi connectivity index (χ4v) is 0.983. The van der Waals surface area contributed by atoms with Crippen LogP contribution in [0, 0.1) is 0 Å². The molecule has 0 spiro atoms. The Bertz CT molecular complexity index is 351. The zero-order valence-corrected chi connectivity index (χ0v) is 12.2. The zero-order valence-electron chi connectivity index (χ0n) is 9.07. The molecule has 0 aliphatic carbocycles. The quantitative estimate of drug-likeness (QED) is 0.741. The summed E-state index contributed by atoms with van der Waals surface area (Å²) in [6, 6.07) is 2.97. The average molecular weight is 255 g/mol. The Morgan fingerprint density at radius 3 is 2.38 bits per heavy atom. The SMILES string of the molecule is CC(O)c1ccc(/C=C/[B-](F)(F)F)cn1.[K+]. The first-order valence-electron chi connectivity index (χ1n) is 4.42. The third-order valence-corrected chi connectivity index (χ3v) is 1.74. The van der Waals surface area contributed by atoms with Gasteiger partial charge >= 0.3 is 58.4 Å². The van der Waals surface area contributed by atoms with Crippen molar-refractivity contribution in [2.75, 3.05) is 0 Å². The van der Waals surface area contributed by atoms with Crippen LogP contribution in [-0.4, -0.2) is 17.1 Å². The summed E-state index contributed by atoms with van der Waals surface area (Å²) in [5.41, 5.74) is 0.795. The van der Waals surface area contributed by atoms with E-state index in [0.29, 0.717) is 11.3 Å². The zero-order chi connectivity index (χ0) is 11.5. The molecule has 1 heterocycles. The number of hydrogen-bond donors (Lipinski definition) is 1. The van der Waals surface area contributed by atoms with Gasteiger partial charge in [-0.3, -0.25) is 4.98 Å². The molecule has 0 aromatic carbocycles. The van der Waals surface area contributed by atoms with Gasteiger partial charge in [0.1, 0.15) is 0 Å². The molecule has 0 aliphatic rings. The number of aliphatic hydroxyl groups is 1. The van der Waals surface area contributed by atoms with E-state index in [9.17, 15) is 12.9 Å². The van der Waals surface area contributed by atoms with E-state index in [1.165, 1.54) is 25.3 Å². The Balaban J connectivity index is 0.00000225. The molecule has 0 radical (unpaired) electrons. The number of nitrogens with zero attached hydrogens (tertiary/aromatic N) is 1. The monoisotopic (exact) mass is 255 g/mol. The maximum absolute atomic E-state index is 11.9. The van der Waals surface area contributed by atoms with Gasteiger partial charge in [-0.2, -0.15) is 0 Å². The predicted molar refractivity (Wildman–Crippen MR) is 53.0 cm³/mol. The molecule has 1 unspecified atom stereocenters. The van der Waals surface area contributed by atoms with Crippen LogP contribution in [0.1, 0.15) is 24.3 Å². The van der Waals surface area contributed by atoms with E-state index in [1.54, 1.807) is 0 Å². The molecule has 7 heteroatoms. The molecule has 16 heavy (non-hydrogen) atoms. The molecule has 0 fully saturated rings. The second kappa shape index (κ2) is 6.93. The number of aliphatic hydroxyl groups excluding tert-OH is 1. The minimum Gasteiger partial charge on any atom is -0.445 e. The number of rotatable bonds is 3. The van der Waals surface area contributed by atoms with Crippen molar-refractivity contribution in [1.29, 1.82) is 0 Å². The van der Waals surface area contributed by atoms with Crippen LogP contribution in [0.25, 0.3) is 6.08 Å². The molecular formula is C9H10BF3KNO. The number of aromatic nitrogens is 1. The van der Waals surface area contributed by atoms with Crippen molar-refractivity contribution in [3.63, 3.8) is 0 Å². The summed E-state index contributed by atoms with van der Waals surface area (Å²) in [6.07, 6.45) is 1.54. The van der Waals surface area contributed by atoms with Crippen LogP contribution in [0.3, 0.4) is 0 Å². The van der Waals surface area contributed by atoms with Crippen LogP contribution in [0.4, 0.5) is 12.9 Å². The Hall–Kier alpha value is 0.341. The normalized spacial score (nSPS) is 13.6. The topological polar surface area (TPSA) is 33.1 Å². The van der Waals surface area contributed by atoms with Gasteiger partial charge in [0.2, 0.25) is 0 Å². The molecule has 1 aromatic rings. The van der Waals surface area contributed by atoms with Crippen LogP contribution in [0.15, 0.2) is 24.3 Å². The van der Waals surface area contributed by atoms with Crippen molar-refractivity contribution in [1.82, 2.24) is 4.98 Å². The van der Waals surface area contributed by atoms with Crippen molar-refractivity contribution >= 4 is 13.1 Å². The standard InChI is InChI=1S/C9H10BF3NO.K/c1-7(15)9-3-2-8(6-14-9)4-5-10(11,12)13;/h2-7,15H,1H3;/q-1;+1/b5-4+;. The molecule has 82 valence electrons. The summed E-state index contributed by atoms with van der Waals surface area (Å²) < 4.78 is 35.6. The second-order valence-electron chi connectivity index (χ2n) is 3.18. The minimum atomic E-state index is -4.91. The number of halogens is 3. The molecule has 1 aromatic heterocycles. The van der Waals surface area contributed by atoms with Crippen molar-refractivity contribution in [2.45, 2.75) is 13.0 Å². The molecular weight excluding hydrogens is 245 g/mol. The molecule has 0 bridgehead atoms. The Kier molecular flexibility index (Phi) is 7.08. The van der Waals surface area contributed by atoms with Gasteiger partial charge in [-0.1, -0.05) is 12.1 Å². The maximum atomic E-state index is 11.9. The average Bonchev–Trinajstić information content (AvgIpc) is 2.14. The Labute approximate surface area is 134 Å². The van der Waals surface area contributed by atoms with Gasteiger partial charge in [-0.05, 0) is 18.6 Å². The molecule has 0 amide bonds. The Morgan fingerprint density at radius 2 is 2.00 bits per heavy atom. The van der Waals surface area contributed by atoms with Crippen molar-refractivity contribution in [3.8, 4) is 0 Å². The van der Waals surface area contributed by atoms with E-state index >= 15 is 0 Å². The van der Waals surface area contributed by atoms with Crippen LogP contribution in [-0.2, 0) is 0 Å². The molecule has 2 nitrogen and oxygen atoms in total. The fraction of sp³-hybridized carbons (Fsp3) is 0.222. The first kappa shape index (κ1) is 16.3. The number of hydrogen-bond acceptors (Lipinski definition) is 2. The summed E-state index contributed by atoms with van der Waals surface area (Å²) in [4.78, 5) is 3.82. The second-order valence-corrected chi connectivity index (χ2v) is 3.18. The van der Waals surface area contributed by atoms with E-state index in [-0.39, 0.29) is 57.4 Å². The van der Waals surface area contributed by atoms with E-state index in [2.05, 4.69) is 4.98 Å². The molecule has 1 N–H and O–H groups in total. The van der Waals surface area contributed by atoms with E-state index in [1.807, 2.05) is 0 Å². The van der Waals surface area contributed by atoms with Crippen molar-refractivity contribution in [3.05, 3.63) is 35.6 Å². The minimum absolute atomic E-state index is 0. The summed E-state index contributed by atoms with van der Waals surface area (Å²) in [5, 5.41) is 9.12. The van der Waals surface area contributed by atoms with Gasteiger partial charge < -0.3 is 18.1 Å².